The van der Waals surface area contributed by atoms with Crippen LogP contribution in [0, 0.1) is 0 Å². The van der Waals surface area contributed by atoms with Crippen LogP contribution >= 0.6 is 0 Å². The highest BCUT2D eigenvalue weighted by Crippen LogP contribution is 2.25. The lowest BCUT2D eigenvalue weighted by atomic mass is 9.99. The Morgan fingerprint density at radius 1 is 1.17 bits per heavy atom. The molecule has 1 aromatic carbocycles. The first kappa shape index (κ1) is 14.7. The molecule has 0 spiro atoms. The van der Waals surface area contributed by atoms with Crippen molar-refractivity contribution >= 4 is 11.0 Å². The third-order valence-electron chi connectivity index (χ3n) is 3.19. The Kier molecular flexibility index (Phi) is 6.48. The number of aromatic nitrogens is 2. The molecule has 2 rings (SSSR count). The van der Waals surface area contributed by atoms with Gasteiger partial charge in [0.15, 0.2) is 0 Å². The van der Waals surface area contributed by atoms with Crippen LogP contribution in [-0.4, -0.2) is 9.97 Å². The van der Waals surface area contributed by atoms with E-state index in [9.17, 15) is 0 Å². The monoisotopic (exact) mass is 246 g/mol. The van der Waals surface area contributed by atoms with Crippen molar-refractivity contribution in [3.05, 3.63) is 30.1 Å². The van der Waals surface area contributed by atoms with Gasteiger partial charge in [-0.25, -0.2) is 4.98 Å². The molecule has 1 aromatic heterocycles. The number of benzene rings is 1. The Morgan fingerprint density at radius 2 is 1.89 bits per heavy atom. The number of fused-ring (bicyclic) bond motifs is 1. The van der Waals surface area contributed by atoms with Crippen molar-refractivity contribution in [3.63, 3.8) is 0 Å². The molecule has 1 atom stereocenters. The van der Waals surface area contributed by atoms with Gasteiger partial charge >= 0.3 is 0 Å². The SMILES string of the molecule is CC.CCCCC(CC)c1nc2ccccc2[nH]1. The molecule has 2 aromatic rings. The van der Waals surface area contributed by atoms with Crippen LogP contribution < -0.4 is 0 Å². The molecule has 0 radical (unpaired) electrons. The molecule has 0 amide bonds. The Labute approximate surface area is 111 Å². The van der Waals surface area contributed by atoms with Gasteiger partial charge in [-0.3, -0.25) is 0 Å². The van der Waals surface area contributed by atoms with Gasteiger partial charge in [-0.05, 0) is 25.0 Å². The molecule has 1 heterocycles. The molecule has 0 aliphatic heterocycles. The zero-order valence-corrected chi connectivity index (χ0v) is 12.2. The molecule has 1 unspecified atom stereocenters. The molecule has 0 fully saturated rings. The lowest BCUT2D eigenvalue weighted by Gasteiger charge is -2.10. The van der Waals surface area contributed by atoms with E-state index < -0.39 is 0 Å². The van der Waals surface area contributed by atoms with Crippen molar-refractivity contribution in [2.75, 3.05) is 0 Å². The average molecular weight is 246 g/mol. The number of unbranched alkanes of at least 4 members (excludes halogenated alkanes) is 1. The minimum absolute atomic E-state index is 0.590. The van der Waals surface area contributed by atoms with Crippen molar-refractivity contribution in [1.29, 1.82) is 0 Å². The van der Waals surface area contributed by atoms with Gasteiger partial charge in [-0.1, -0.05) is 52.7 Å². The molecular formula is C16H26N2. The summed E-state index contributed by atoms with van der Waals surface area (Å²) in [5.74, 6) is 1.75. The average Bonchev–Trinajstić information content (AvgIpc) is 2.85. The molecule has 18 heavy (non-hydrogen) atoms. The van der Waals surface area contributed by atoms with Crippen LogP contribution in [0.4, 0.5) is 0 Å². The number of H-pyrrole nitrogens is 1. The second-order valence-corrected chi connectivity index (χ2v) is 4.39. The zero-order valence-electron chi connectivity index (χ0n) is 12.2. The summed E-state index contributed by atoms with van der Waals surface area (Å²) in [6.07, 6.45) is 4.96. The number of nitrogens with zero attached hydrogens (tertiary/aromatic N) is 1. The van der Waals surface area contributed by atoms with Crippen LogP contribution in [0.2, 0.25) is 0 Å². The van der Waals surface area contributed by atoms with E-state index in [0.29, 0.717) is 5.92 Å². The minimum atomic E-state index is 0.590. The fourth-order valence-electron chi connectivity index (χ4n) is 2.15. The first-order valence-electron chi connectivity index (χ1n) is 7.29. The molecular weight excluding hydrogens is 220 g/mol. The van der Waals surface area contributed by atoms with Crippen LogP contribution in [0.3, 0.4) is 0 Å². The van der Waals surface area contributed by atoms with E-state index in [1.807, 2.05) is 19.9 Å². The molecule has 0 aliphatic carbocycles. The lowest BCUT2D eigenvalue weighted by Crippen LogP contribution is -1.99. The third kappa shape index (κ3) is 3.59. The van der Waals surface area contributed by atoms with Crippen molar-refractivity contribution in [3.8, 4) is 0 Å². The highest BCUT2D eigenvalue weighted by molar-refractivity contribution is 5.74. The predicted octanol–water partition coefficient (Wildman–Crippen LogP) is 5.27. The van der Waals surface area contributed by atoms with Crippen LogP contribution in [0.1, 0.15) is 65.1 Å². The van der Waals surface area contributed by atoms with Crippen molar-refractivity contribution in [2.24, 2.45) is 0 Å². The van der Waals surface area contributed by atoms with E-state index in [1.165, 1.54) is 25.7 Å². The van der Waals surface area contributed by atoms with Crippen LogP contribution in [-0.2, 0) is 0 Å². The largest absolute Gasteiger partial charge is 0.342 e. The lowest BCUT2D eigenvalue weighted by molar-refractivity contribution is 0.549. The predicted molar refractivity (Wildman–Crippen MR) is 80.0 cm³/mol. The van der Waals surface area contributed by atoms with Crippen molar-refractivity contribution in [2.45, 2.75) is 59.3 Å². The van der Waals surface area contributed by atoms with E-state index >= 15 is 0 Å². The maximum Gasteiger partial charge on any atom is 0.110 e. The van der Waals surface area contributed by atoms with Crippen LogP contribution in [0.25, 0.3) is 11.0 Å². The van der Waals surface area contributed by atoms with Gasteiger partial charge in [0.25, 0.3) is 0 Å². The smallest absolute Gasteiger partial charge is 0.110 e. The molecule has 100 valence electrons. The van der Waals surface area contributed by atoms with Crippen molar-refractivity contribution < 1.29 is 0 Å². The molecule has 2 heteroatoms. The van der Waals surface area contributed by atoms with Crippen LogP contribution in [0.5, 0.6) is 0 Å². The first-order valence-corrected chi connectivity index (χ1v) is 7.29. The summed E-state index contributed by atoms with van der Waals surface area (Å²) in [5, 5.41) is 0. The normalized spacial score (nSPS) is 12.0. The second kappa shape index (κ2) is 7.91. The number of rotatable bonds is 5. The molecule has 0 saturated carbocycles. The van der Waals surface area contributed by atoms with Crippen molar-refractivity contribution in [1.82, 2.24) is 9.97 Å². The Hall–Kier alpha value is -1.31. The molecule has 1 N–H and O–H groups in total. The standard InChI is InChI=1S/C14H20N2.C2H6/c1-3-5-8-11(4-2)14-15-12-9-6-7-10-13(12)16-14;1-2/h6-7,9-11H,3-5,8H2,1-2H3,(H,15,16);1-2H3. The summed E-state index contributed by atoms with van der Waals surface area (Å²) in [6.45, 7) is 8.48. The minimum Gasteiger partial charge on any atom is -0.342 e. The van der Waals surface area contributed by atoms with E-state index in [2.05, 4.69) is 42.0 Å². The molecule has 0 saturated heterocycles. The highest BCUT2D eigenvalue weighted by atomic mass is 14.9. The van der Waals surface area contributed by atoms with Gasteiger partial charge in [-0.15, -0.1) is 0 Å². The molecule has 0 bridgehead atoms. The summed E-state index contributed by atoms with van der Waals surface area (Å²) in [5.41, 5.74) is 2.25. The Balaban J connectivity index is 0.000000771. The summed E-state index contributed by atoms with van der Waals surface area (Å²) in [7, 11) is 0. The van der Waals surface area contributed by atoms with Gasteiger partial charge in [0, 0.05) is 5.92 Å². The topological polar surface area (TPSA) is 28.7 Å². The number of aromatic amines is 1. The zero-order chi connectivity index (χ0) is 13.4. The molecule has 0 aliphatic rings. The quantitative estimate of drug-likeness (QED) is 0.764. The van der Waals surface area contributed by atoms with Gasteiger partial charge < -0.3 is 4.98 Å². The number of hydrogen-bond donors (Lipinski definition) is 1. The van der Waals surface area contributed by atoms with Gasteiger partial charge in [0.1, 0.15) is 5.82 Å². The maximum atomic E-state index is 4.68. The summed E-state index contributed by atoms with van der Waals surface area (Å²) in [4.78, 5) is 8.13. The summed E-state index contributed by atoms with van der Waals surface area (Å²) < 4.78 is 0. The van der Waals surface area contributed by atoms with E-state index in [4.69, 9.17) is 0 Å². The first-order chi connectivity index (χ1) is 8.85. The highest BCUT2D eigenvalue weighted by Gasteiger charge is 2.12. The van der Waals surface area contributed by atoms with Gasteiger partial charge in [0.05, 0.1) is 11.0 Å². The van der Waals surface area contributed by atoms with Crippen LogP contribution in [0.15, 0.2) is 24.3 Å². The number of imidazole rings is 1. The maximum absolute atomic E-state index is 4.68. The Bertz CT molecular complexity index is 412. The number of hydrogen-bond acceptors (Lipinski definition) is 1. The summed E-state index contributed by atoms with van der Waals surface area (Å²) >= 11 is 0. The third-order valence-corrected chi connectivity index (χ3v) is 3.19. The fraction of sp³-hybridized carbons (Fsp3) is 0.562. The Morgan fingerprint density at radius 3 is 2.50 bits per heavy atom. The fourth-order valence-corrected chi connectivity index (χ4v) is 2.15. The van der Waals surface area contributed by atoms with Gasteiger partial charge in [0.2, 0.25) is 0 Å². The van der Waals surface area contributed by atoms with Gasteiger partial charge in [-0.2, -0.15) is 0 Å². The molecule has 2 nitrogen and oxygen atoms in total. The second-order valence-electron chi connectivity index (χ2n) is 4.39. The van der Waals surface area contributed by atoms with E-state index in [0.717, 1.165) is 16.9 Å². The van der Waals surface area contributed by atoms with E-state index in [1.54, 1.807) is 0 Å². The van der Waals surface area contributed by atoms with E-state index in [-0.39, 0.29) is 0 Å². The number of nitrogens with one attached hydrogen (secondary N) is 1. The summed E-state index contributed by atoms with van der Waals surface area (Å²) in [6, 6.07) is 8.26. The number of para-hydroxylation sites is 2.